The van der Waals surface area contributed by atoms with E-state index in [2.05, 4.69) is 15.5 Å². The van der Waals surface area contributed by atoms with E-state index in [1.807, 2.05) is 42.5 Å². The summed E-state index contributed by atoms with van der Waals surface area (Å²) in [4.78, 5) is 18.8. The van der Waals surface area contributed by atoms with Crippen LogP contribution in [0, 0.1) is 5.41 Å². The van der Waals surface area contributed by atoms with Crippen LogP contribution in [-0.4, -0.2) is 55.2 Å². The van der Waals surface area contributed by atoms with Gasteiger partial charge in [0.25, 0.3) is 0 Å². The lowest BCUT2D eigenvalue weighted by Gasteiger charge is -2.35. The summed E-state index contributed by atoms with van der Waals surface area (Å²) in [6.45, 7) is 1.64. The van der Waals surface area contributed by atoms with Crippen LogP contribution in [0.4, 0.5) is 4.79 Å². The topological polar surface area (TPSA) is 112 Å². The highest BCUT2D eigenvalue weighted by atomic mass is 35.5. The molecule has 1 amide bonds. The van der Waals surface area contributed by atoms with E-state index < -0.39 is 6.09 Å². The Morgan fingerprint density at radius 3 is 2.62 bits per heavy atom. The van der Waals surface area contributed by atoms with Gasteiger partial charge in [0.15, 0.2) is 0 Å². The zero-order chi connectivity index (χ0) is 27.9. The Kier molecular flexibility index (Phi) is 8.51. The smallest absolute Gasteiger partial charge is 0.416 e. The number of nitrogens with zero attached hydrogens (tertiary/aromatic N) is 2. The van der Waals surface area contributed by atoms with Crippen LogP contribution in [0.2, 0.25) is 5.02 Å². The molecule has 0 radical (unpaired) electrons. The van der Waals surface area contributed by atoms with E-state index in [9.17, 15) is 4.79 Å². The normalized spacial score (nSPS) is 14.7. The number of carbonyl (C=O) groups excluding carboxylic acids is 1. The van der Waals surface area contributed by atoms with Gasteiger partial charge < -0.3 is 30.0 Å². The first-order valence-electron chi connectivity index (χ1n) is 13.0. The van der Waals surface area contributed by atoms with E-state index in [1.54, 1.807) is 36.3 Å². The average Bonchev–Trinajstić information content (AvgIpc) is 3.35. The molecule has 5 rings (SSSR count). The van der Waals surface area contributed by atoms with Crippen molar-refractivity contribution in [3.63, 3.8) is 0 Å². The van der Waals surface area contributed by atoms with Crippen molar-refractivity contribution in [2.75, 3.05) is 26.8 Å². The largest absolute Gasteiger partial charge is 0.497 e. The summed E-state index contributed by atoms with van der Waals surface area (Å²) in [7, 11) is 1.59. The van der Waals surface area contributed by atoms with Gasteiger partial charge in [0.2, 0.25) is 0 Å². The van der Waals surface area contributed by atoms with Crippen LogP contribution >= 0.6 is 11.6 Å². The third-order valence-corrected chi connectivity index (χ3v) is 6.96. The van der Waals surface area contributed by atoms with E-state index in [1.165, 1.54) is 6.21 Å². The second kappa shape index (κ2) is 12.6. The first kappa shape index (κ1) is 27.1. The molecular formula is C30H30ClN5O4. The van der Waals surface area contributed by atoms with Crippen molar-refractivity contribution in [3.8, 4) is 17.2 Å². The third-order valence-electron chi connectivity index (χ3n) is 6.73. The number of carbonyl (C=O) groups is 1. The predicted molar refractivity (Wildman–Crippen MR) is 156 cm³/mol. The predicted octanol–water partition coefficient (Wildman–Crippen LogP) is 5.97. The molecule has 0 aliphatic carbocycles. The van der Waals surface area contributed by atoms with E-state index >= 15 is 0 Å². The van der Waals surface area contributed by atoms with Crippen LogP contribution in [0.1, 0.15) is 29.3 Å². The molecule has 40 heavy (non-hydrogen) atoms. The van der Waals surface area contributed by atoms with E-state index in [-0.39, 0.29) is 6.04 Å². The van der Waals surface area contributed by atoms with E-state index in [0.29, 0.717) is 42.6 Å². The average molecular weight is 560 g/mol. The molecule has 2 heterocycles. The van der Waals surface area contributed by atoms with Gasteiger partial charge in [0, 0.05) is 47.3 Å². The number of fused-ring (bicyclic) bond motifs is 3. The van der Waals surface area contributed by atoms with Crippen molar-refractivity contribution in [2.24, 2.45) is 5.10 Å². The molecule has 0 bridgehead atoms. The highest BCUT2D eigenvalue weighted by Gasteiger charge is 2.35. The van der Waals surface area contributed by atoms with E-state index in [4.69, 9.17) is 31.2 Å². The summed E-state index contributed by atoms with van der Waals surface area (Å²) in [5.74, 6) is 1.87. The molecule has 1 unspecified atom stereocenters. The number of hydrogen-bond acceptors (Lipinski definition) is 7. The fourth-order valence-electron chi connectivity index (χ4n) is 4.85. The summed E-state index contributed by atoms with van der Waals surface area (Å²) < 4.78 is 16.9. The highest BCUT2D eigenvalue weighted by molar-refractivity contribution is 6.31. The number of aromatic nitrogens is 1. The first-order valence-corrected chi connectivity index (χ1v) is 13.4. The van der Waals surface area contributed by atoms with Gasteiger partial charge in [-0.2, -0.15) is 5.10 Å². The monoisotopic (exact) mass is 559 g/mol. The van der Waals surface area contributed by atoms with Gasteiger partial charge in [0.1, 0.15) is 23.3 Å². The van der Waals surface area contributed by atoms with Crippen LogP contribution in [0.3, 0.4) is 0 Å². The Morgan fingerprint density at radius 1 is 1.12 bits per heavy atom. The fraction of sp³-hybridized carbons (Fsp3) is 0.233. The van der Waals surface area contributed by atoms with Crippen molar-refractivity contribution in [1.29, 1.82) is 5.41 Å². The van der Waals surface area contributed by atoms with Crippen molar-refractivity contribution in [1.82, 2.24) is 15.3 Å². The first-order chi connectivity index (χ1) is 19.6. The Hall–Kier alpha value is -4.50. The number of hydrogen-bond donors (Lipinski definition) is 3. The van der Waals surface area contributed by atoms with Gasteiger partial charge in [-0.25, -0.2) is 4.79 Å². The Morgan fingerprint density at radius 2 is 1.88 bits per heavy atom. The van der Waals surface area contributed by atoms with Crippen molar-refractivity contribution >= 4 is 41.0 Å². The van der Waals surface area contributed by atoms with Gasteiger partial charge in [-0.3, -0.25) is 4.90 Å². The number of benzene rings is 3. The molecule has 1 aliphatic heterocycles. The van der Waals surface area contributed by atoms with Gasteiger partial charge in [-0.1, -0.05) is 23.7 Å². The van der Waals surface area contributed by atoms with Crippen molar-refractivity contribution in [2.45, 2.75) is 18.9 Å². The minimum atomic E-state index is -0.434. The number of rotatable bonds is 10. The molecule has 10 heteroatoms. The maximum absolute atomic E-state index is 13.5. The van der Waals surface area contributed by atoms with Crippen LogP contribution in [-0.2, 0) is 6.42 Å². The molecule has 1 aromatic heterocycles. The lowest BCUT2D eigenvalue weighted by Crippen LogP contribution is -2.42. The molecule has 3 aromatic carbocycles. The molecule has 1 aliphatic rings. The number of amides is 1. The van der Waals surface area contributed by atoms with Crippen LogP contribution < -0.4 is 19.6 Å². The number of ether oxygens (including phenoxy) is 3. The number of hydrazone groups is 1. The van der Waals surface area contributed by atoms with Gasteiger partial charge >= 0.3 is 6.09 Å². The Bertz CT molecular complexity index is 1500. The summed E-state index contributed by atoms with van der Waals surface area (Å²) in [5.41, 5.74) is 6.86. The van der Waals surface area contributed by atoms with Gasteiger partial charge in [0.05, 0.1) is 19.9 Å². The lowest BCUT2D eigenvalue weighted by atomic mass is 9.92. The van der Waals surface area contributed by atoms with Crippen LogP contribution in [0.5, 0.6) is 17.2 Å². The molecule has 4 aromatic rings. The zero-order valence-corrected chi connectivity index (χ0v) is 22.8. The SMILES string of the molecule is COc1ccc(OC(=O)N2CCc3c([nH]c4ccc(Cl)cc34)C2c2ccc(OCCCN/N=C\C=N)cc2)cc1. The van der Waals surface area contributed by atoms with Gasteiger partial charge in [-0.15, -0.1) is 0 Å². The number of methoxy groups -OCH3 is 1. The number of H-pyrrole nitrogens is 1. The van der Waals surface area contributed by atoms with Crippen LogP contribution in [0.25, 0.3) is 10.9 Å². The maximum Gasteiger partial charge on any atom is 0.416 e. The summed E-state index contributed by atoms with van der Waals surface area (Å²) in [5, 5.41) is 12.5. The molecule has 1 atom stereocenters. The highest BCUT2D eigenvalue weighted by Crippen LogP contribution is 2.40. The molecule has 3 N–H and O–H groups in total. The molecule has 0 spiro atoms. The van der Waals surface area contributed by atoms with Gasteiger partial charge in [-0.05, 0) is 72.1 Å². The molecule has 9 nitrogen and oxygen atoms in total. The Labute approximate surface area is 237 Å². The number of aromatic amines is 1. The molecule has 0 saturated heterocycles. The quantitative estimate of drug-likeness (QED) is 0.126. The second-order valence-corrected chi connectivity index (χ2v) is 9.66. The van der Waals surface area contributed by atoms with Crippen LogP contribution in [0.15, 0.2) is 71.8 Å². The number of halogens is 1. The molecule has 0 saturated carbocycles. The maximum atomic E-state index is 13.5. The van der Waals surface area contributed by atoms with Crippen molar-refractivity contribution in [3.05, 3.63) is 88.6 Å². The number of nitrogens with one attached hydrogen (secondary N) is 3. The molecule has 206 valence electrons. The summed E-state index contributed by atoms with van der Waals surface area (Å²) >= 11 is 6.32. The minimum absolute atomic E-state index is 0.384. The fourth-order valence-corrected chi connectivity index (χ4v) is 5.02. The summed E-state index contributed by atoms with van der Waals surface area (Å²) in [6, 6.07) is 20.1. The molecule has 0 fully saturated rings. The molecular weight excluding hydrogens is 530 g/mol. The van der Waals surface area contributed by atoms with E-state index in [0.717, 1.165) is 46.1 Å². The second-order valence-electron chi connectivity index (χ2n) is 9.22. The zero-order valence-electron chi connectivity index (χ0n) is 22.0. The standard InChI is InChI=1S/C30H30ClN5O4/c1-38-22-8-10-24(11-9-22)40-30(37)36-17-13-25-26-19-21(31)5-12-27(26)35-28(25)29(36)20-3-6-23(7-4-20)39-18-2-15-33-34-16-14-32/h3-12,14,16,19,29,32-33,35H,2,13,15,17-18H2,1H3/b32-14?,34-16-. The third kappa shape index (κ3) is 6.05. The minimum Gasteiger partial charge on any atom is -0.497 e. The summed E-state index contributed by atoms with van der Waals surface area (Å²) in [6.07, 6.45) is 3.49. The van der Waals surface area contributed by atoms with Crippen molar-refractivity contribution < 1.29 is 19.0 Å². The Balaban J connectivity index is 1.38. The lowest BCUT2D eigenvalue weighted by molar-refractivity contribution is 0.135.